The van der Waals surface area contributed by atoms with Crippen molar-refractivity contribution in [3.8, 4) is 0 Å². The van der Waals surface area contributed by atoms with Crippen molar-refractivity contribution >= 4 is 31.5 Å². The number of benzene rings is 2. The Kier molecular flexibility index (Phi) is 5.06. The SMILES string of the molecule is CCS(=O)(=O)c1ccccc1NC(C)c1ccc(Br)cc1. The second kappa shape index (κ2) is 6.62. The molecule has 0 spiro atoms. The highest BCUT2D eigenvalue weighted by Crippen LogP contribution is 2.27. The molecule has 0 saturated carbocycles. The molecule has 2 rings (SSSR count). The molecule has 5 heteroatoms. The molecule has 112 valence electrons. The number of nitrogens with one attached hydrogen (secondary N) is 1. The van der Waals surface area contributed by atoms with Crippen LogP contribution in [0.15, 0.2) is 57.9 Å². The van der Waals surface area contributed by atoms with E-state index in [1.54, 1.807) is 25.1 Å². The predicted molar refractivity (Wildman–Crippen MR) is 90.3 cm³/mol. The van der Waals surface area contributed by atoms with Gasteiger partial charge in [-0.25, -0.2) is 8.42 Å². The molecule has 0 aromatic heterocycles. The van der Waals surface area contributed by atoms with Gasteiger partial charge in [0.1, 0.15) is 0 Å². The van der Waals surface area contributed by atoms with Gasteiger partial charge < -0.3 is 5.32 Å². The highest BCUT2D eigenvalue weighted by atomic mass is 79.9. The Bertz CT molecular complexity index is 711. The number of sulfone groups is 1. The van der Waals surface area contributed by atoms with Crippen LogP contribution in [0.25, 0.3) is 0 Å². The number of anilines is 1. The third-order valence-electron chi connectivity index (χ3n) is 3.34. The van der Waals surface area contributed by atoms with E-state index in [0.29, 0.717) is 10.6 Å². The van der Waals surface area contributed by atoms with Crippen molar-refractivity contribution in [1.82, 2.24) is 0 Å². The zero-order chi connectivity index (χ0) is 15.5. The first-order valence-corrected chi connectivity index (χ1v) is 9.22. The largest absolute Gasteiger partial charge is 0.377 e. The first-order chi connectivity index (χ1) is 9.94. The summed E-state index contributed by atoms with van der Waals surface area (Å²) in [5.74, 6) is 0.0956. The van der Waals surface area contributed by atoms with Crippen LogP contribution < -0.4 is 5.32 Å². The van der Waals surface area contributed by atoms with Crippen LogP contribution in [-0.4, -0.2) is 14.2 Å². The van der Waals surface area contributed by atoms with E-state index in [1.165, 1.54) is 0 Å². The Balaban J connectivity index is 2.30. The standard InChI is InChI=1S/C16H18BrNO2S/c1-3-21(19,20)16-7-5-4-6-15(16)18-12(2)13-8-10-14(17)11-9-13/h4-12,18H,3H2,1-2H3. The van der Waals surface area contributed by atoms with E-state index >= 15 is 0 Å². The smallest absolute Gasteiger partial charge is 0.180 e. The number of hydrogen-bond acceptors (Lipinski definition) is 3. The van der Waals surface area contributed by atoms with Crippen LogP contribution in [0.5, 0.6) is 0 Å². The van der Waals surface area contributed by atoms with Gasteiger partial charge in [-0.3, -0.25) is 0 Å². The molecule has 2 aromatic carbocycles. The van der Waals surface area contributed by atoms with E-state index in [-0.39, 0.29) is 11.8 Å². The molecule has 1 unspecified atom stereocenters. The maximum absolute atomic E-state index is 12.1. The third kappa shape index (κ3) is 3.86. The van der Waals surface area contributed by atoms with Crippen LogP contribution in [0.2, 0.25) is 0 Å². The summed E-state index contributed by atoms with van der Waals surface area (Å²) in [5, 5.41) is 3.29. The molecular weight excluding hydrogens is 350 g/mol. The topological polar surface area (TPSA) is 46.2 Å². The molecule has 0 bridgehead atoms. The van der Waals surface area contributed by atoms with Crippen LogP contribution in [0.1, 0.15) is 25.5 Å². The number of para-hydroxylation sites is 1. The summed E-state index contributed by atoms with van der Waals surface area (Å²) in [6.07, 6.45) is 0. The summed E-state index contributed by atoms with van der Waals surface area (Å²) in [7, 11) is -3.23. The second-order valence-electron chi connectivity index (χ2n) is 4.82. The molecule has 0 aliphatic carbocycles. The Morgan fingerprint density at radius 1 is 1.10 bits per heavy atom. The molecule has 1 N–H and O–H groups in total. The molecule has 21 heavy (non-hydrogen) atoms. The van der Waals surface area contributed by atoms with E-state index < -0.39 is 9.84 Å². The van der Waals surface area contributed by atoms with Crippen molar-refractivity contribution in [3.05, 3.63) is 58.6 Å². The number of halogens is 1. The molecule has 0 heterocycles. The van der Waals surface area contributed by atoms with E-state index in [1.807, 2.05) is 37.3 Å². The minimum Gasteiger partial charge on any atom is -0.377 e. The molecule has 2 aromatic rings. The van der Waals surface area contributed by atoms with Crippen molar-refractivity contribution in [1.29, 1.82) is 0 Å². The van der Waals surface area contributed by atoms with Gasteiger partial charge in [-0.2, -0.15) is 0 Å². The first-order valence-electron chi connectivity index (χ1n) is 6.78. The van der Waals surface area contributed by atoms with Crippen molar-refractivity contribution in [2.24, 2.45) is 0 Å². The lowest BCUT2D eigenvalue weighted by Gasteiger charge is -2.18. The fourth-order valence-corrected chi connectivity index (χ4v) is 3.40. The molecule has 0 saturated heterocycles. The molecule has 0 fully saturated rings. The van der Waals surface area contributed by atoms with E-state index in [9.17, 15) is 8.42 Å². The van der Waals surface area contributed by atoms with E-state index in [4.69, 9.17) is 0 Å². The van der Waals surface area contributed by atoms with Crippen LogP contribution in [0, 0.1) is 0 Å². The quantitative estimate of drug-likeness (QED) is 0.850. The average Bonchev–Trinajstić information content (AvgIpc) is 2.48. The average molecular weight is 368 g/mol. The molecular formula is C16H18BrNO2S. The summed E-state index contributed by atoms with van der Waals surface area (Å²) in [5.41, 5.74) is 1.75. The molecule has 1 atom stereocenters. The number of hydrogen-bond donors (Lipinski definition) is 1. The lowest BCUT2D eigenvalue weighted by molar-refractivity contribution is 0.597. The van der Waals surface area contributed by atoms with Crippen LogP contribution in [0.4, 0.5) is 5.69 Å². The molecule has 0 amide bonds. The minimum atomic E-state index is -3.23. The van der Waals surface area contributed by atoms with E-state index in [2.05, 4.69) is 21.2 Å². The summed E-state index contributed by atoms with van der Waals surface area (Å²) < 4.78 is 25.3. The minimum absolute atomic E-state index is 0.0197. The zero-order valence-electron chi connectivity index (χ0n) is 12.0. The maximum Gasteiger partial charge on any atom is 0.180 e. The Hall–Kier alpha value is -1.33. The summed E-state index contributed by atoms with van der Waals surface area (Å²) in [6.45, 7) is 3.67. The Morgan fingerprint density at radius 3 is 2.33 bits per heavy atom. The second-order valence-corrected chi connectivity index (χ2v) is 7.98. The maximum atomic E-state index is 12.1. The van der Waals surface area contributed by atoms with Gasteiger partial charge in [0.25, 0.3) is 0 Å². The van der Waals surface area contributed by atoms with Crippen molar-refractivity contribution in [2.45, 2.75) is 24.8 Å². The van der Waals surface area contributed by atoms with Gasteiger partial charge in [-0.15, -0.1) is 0 Å². The molecule has 0 radical (unpaired) electrons. The third-order valence-corrected chi connectivity index (χ3v) is 5.66. The summed E-state index contributed by atoms with van der Waals surface area (Å²) in [4.78, 5) is 0.358. The molecule has 0 aliphatic rings. The van der Waals surface area contributed by atoms with Crippen LogP contribution in [0.3, 0.4) is 0 Å². The zero-order valence-corrected chi connectivity index (χ0v) is 14.4. The highest BCUT2D eigenvalue weighted by molar-refractivity contribution is 9.10. The Labute approximate surface area is 134 Å². The fraction of sp³-hybridized carbons (Fsp3) is 0.250. The lowest BCUT2D eigenvalue weighted by Crippen LogP contribution is -2.12. The van der Waals surface area contributed by atoms with Gasteiger partial charge in [0.2, 0.25) is 0 Å². The predicted octanol–water partition coefficient (Wildman–Crippen LogP) is 4.42. The van der Waals surface area contributed by atoms with Crippen LogP contribution >= 0.6 is 15.9 Å². The van der Waals surface area contributed by atoms with Gasteiger partial charge in [0.05, 0.1) is 16.3 Å². The van der Waals surface area contributed by atoms with E-state index in [0.717, 1.165) is 10.0 Å². The summed E-state index contributed by atoms with van der Waals surface area (Å²) in [6, 6.07) is 15.0. The van der Waals surface area contributed by atoms with Crippen molar-refractivity contribution < 1.29 is 8.42 Å². The molecule has 3 nitrogen and oxygen atoms in total. The monoisotopic (exact) mass is 367 g/mol. The Morgan fingerprint density at radius 2 is 1.71 bits per heavy atom. The van der Waals surface area contributed by atoms with Gasteiger partial charge >= 0.3 is 0 Å². The van der Waals surface area contributed by atoms with Gasteiger partial charge in [0, 0.05) is 10.5 Å². The fourth-order valence-electron chi connectivity index (χ4n) is 2.08. The molecule has 0 aliphatic heterocycles. The van der Waals surface area contributed by atoms with Gasteiger partial charge in [0.15, 0.2) is 9.84 Å². The lowest BCUT2D eigenvalue weighted by atomic mass is 10.1. The van der Waals surface area contributed by atoms with Crippen LogP contribution in [-0.2, 0) is 9.84 Å². The van der Waals surface area contributed by atoms with Gasteiger partial charge in [-0.1, -0.05) is 47.1 Å². The number of rotatable bonds is 5. The van der Waals surface area contributed by atoms with Gasteiger partial charge in [-0.05, 0) is 36.8 Å². The normalized spacial score (nSPS) is 12.9. The highest BCUT2D eigenvalue weighted by Gasteiger charge is 2.17. The summed E-state index contributed by atoms with van der Waals surface area (Å²) >= 11 is 3.41. The van der Waals surface area contributed by atoms with Crippen molar-refractivity contribution in [3.63, 3.8) is 0 Å². The van der Waals surface area contributed by atoms with Crippen molar-refractivity contribution in [2.75, 3.05) is 11.1 Å². The first kappa shape index (κ1) is 16.0.